The van der Waals surface area contributed by atoms with Crippen LogP contribution in [0, 0.1) is 18.8 Å². The Bertz CT molecular complexity index is 741. The van der Waals surface area contributed by atoms with Gasteiger partial charge in [0.25, 0.3) is 0 Å². The van der Waals surface area contributed by atoms with E-state index >= 15 is 0 Å². The van der Waals surface area contributed by atoms with E-state index in [2.05, 4.69) is 4.98 Å². The zero-order chi connectivity index (χ0) is 16.6. The molecule has 23 heavy (non-hydrogen) atoms. The molecule has 0 radical (unpaired) electrons. The predicted molar refractivity (Wildman–Crippen MR) is 89.3 cm³/mol. The van der Waals surface area contributed by atoms with Crippen molar-refractivity contribution in [3.8, 4) is 0 Å². The third-order valence-electron chi connectivity index (χ3n) is 4.27. The molecule has 2 atom stereocenters. The van der Waals surface area contributed by atoms with Crippen LogP contribution < -0.4 is 4.90 Å². The molecule has 5 heteroatoms. The van der Waals surface area contributed by atoms with E-state index in [1.54, 1.807) is 19.1 Å². The molecule has 2 aromatic rings. The van der Waals surface area contributed by atoms with Gasteiger partial charge in [0.2, 0.25) is 11.8 Å². The molecule has 2 heterocycles. The van der Waals surface area contributed by atoms with Gasteiger partial charge in [0.1, 0.15) is 5.82 Å². The maximum absolute atomic E-state index is 12.7. The number of anilines is 1. The van der Waals surface area contributed by atoms with Crippen LogP contribution in [0.2, 0.25) is 5.02 Å². The van der Waals surface area contributed by atoms with Crippen molar-refractivity contribution in [1.82, 2.24) is 4.98 Å². The van der Waals surface area contributed by atoms with Gasteiger partial charge >= 0.3 is 0 Å². The van der Waals surface area contributed by atoms with E-state index in [1.807, 2.05) is 31.2 Å². The van der Waals surface area contributed by atoms with Crippen molar-refractivity contribution < 1.29 is 9.59 Å². The Kier molecular flexibility index (Phi) is 4.18. The molecule has 1 saturated heterocycles. The fraction of sp³-hybridized carbons (Fsp3) is 0.278. The topological polar surface area (TPSA) is 50.3 Å². The average Bonchev–Trinajstić information content (AvgIpc) is 2.74. The van der Waals surface area contributed by atoms with Crippen LogP contribution in [0.4, 0.5) is 5.82 Å². The summed E-state index contributed by atoms with van der Waals surface area (Å²) >= 11 is 5.82. The van der Waals surface area contributed by atoms with E-state index in [1.165, 1.54) is 16.7 Å². The van der Waals surface area contributed by atoms with Gasteiger partial charge in [0.05, 0.1) is 10.9 Å². The third-order valence-corrected chi connectivity index (χ3v) is 4.49. The van der Waals surface area contributed by atoms with Gasteiger partial charge < -0.3 is 0 Å². The Hall–Kier alpha value is -2.20. The van der Waals surface area contributed by atoms with Gasteiger partial charge in [-0.05, 0) is 31.0 Å². The lowest BCUT2D eigenvalue weighted by Crippen LogP contribution is -2.31. The summed E-state index contributed by atoms with van der Waals surface area (Å²) in [4.78, 5) is 30.5. The van der Waals surface area contributed by atoms with E-state index in [-0.39, 0.29) is 23.7 Å². The number of rotatable bonds is 3. The molecule has 1 fully saturated rings. The first-order chi connectivity index (χ1) is 11.0. The van der Waals surface area contributed by atoms with Crippen LogP contribution in [0.15, 0.2) is 42.6 Å². The van der Waals surface area contributed by atoms with Crippen molar-refractivity contribution in [2.75, 3.05) is 4.90 Å². The van der Waals surface area contributed by atoms with Crippen molar-refractivity contribution in [2.45, 2.75) is 20.3 Å². The number of hydrogen-bond acceptors (Lipinski definition) is 3. The number of amides is 2. The molecule has 0 spiro atoms. The molecule has 0 aliphatic carbocycles. The summed E-state index contributed by atoms with van der Waals surface area (Å²) in [7, 11) is 0. The van der Waals surface area contributed by atoms with E-state index in [9.17, 15) is 9.59 Å². The van der Waals surface area contributed by atoms with E-state index in [4.69, 9.17) is 11.6 Å². The molecule has 1 aliphatic heterocycles. The number of aromatic nitrogens is 1. The van der Waals surface area contributed by atoms with Crippen molar-refractivity contribution >= 4 is 29.2 Å². The summed E-state index contributed by atoms with van der Waals surface area (Å²) in [5, 5.41) is 0.470. The van der Waals surface area contributed by atoms with Gasteiger partial charge in [-0.1, -0.05) is 48.4 Å². The Morgan fingerprint density at radius 2 is 1.78 bits per heavy atom. The standard InChI is InChI=1S/C18H17ClN2O2/c1-11-3-5-13(6-4-11)9-15-12(2)17(22)21(18(15)23)16-8-7-14(19)10-20-16/h3-8,10,12,15H,9H2,1-2H3/t12-,15+/m0/s1. The molecule has 2 amide bonds. The summed E-state index contributed by atoms with van der Waals surface area (Å²) in [5.74, 6) is -0.786. The highest BCUT2D eigenvalue weighted by atomic mass is 35.5. The molecule has 0 N–H and O–H groups in total. The summed E-state index contributed by atoms with van der Waals surface area (Å²) in [6.45, 7) is 3.82. The highest BCUT2D eigenvalue weighted by Crippen LogP contribution is 2.32. The molecular formula is C18H17ClN2O2. The van der Waals surface area contributed by atoms with Crippen LogP contribution in [-0.2, 0) is 16.0 Å². The van der Waals surface area contributed by atoms with E-state index in [0.717, 1.165) is 5.56 Å². The van der Waals surface area contributed by atoms with Gasteiger partial charge in [-0.25, -0.2) is 9.88 Å². The second kappa shape index (κ2) is 6.13. The van der Waals surface area contributed by atoms with Gasteiger partial charge in [-0.15, -0.1) is 0 Å². The maximum Gasteiger partial charge on any atom is 0.239 e. The van der Waals surface area contributed by atoms with Crippen LogP contribution in [0.5, 0.6) is 0 Å². The zero-order valence-electron chi connectivity index (χ0n) is 13.0. The monoisotopic (exact) mass is 328 g/mol. The van der Waals surface area contributed by atoms with Gasteiger partial charge in [-0.3, -0.25) is 9.59 Å². The molecule has 3 rings (SSSR count). The molecule has 1 aromatic carbocycles. The molecule has 0 bridgehead atoms. The summed E-state index contributed by atoms with van der Waals surface area (Å²) < 4.78 is 0. The normalized spacial score (nSPS) is 21.1. The van der Waals surface area contributed by atoms with E-state index < -0.39 is 0 Å². The Morgan fingerprint density at radius 1 is 1.09 bits per heavy atom. The van der Waals surface area contributed by atoms with Crippen LogP contribution >= 0.6 is 11.6 Å². The highest BCUT2D eigenvalue weighted by molar-refractivity contribution is 6.30. The zero-order valence-corrected chi connectivity index (χ0v) is 13.7. The second-order valence-electron chi connectivity index (χ2n) is 5.93. The third kappa shape index (κ3) is 2.99. The number of carbonyl (C=O) groups excluding carboxylic acids is 2. The first-order valence-electron chi connectivity index (χ1n) is 7.52. The maximum atomic E-state index is 12.7. The van der Waals surface area contributed by atoms with Crippen molar-refractivity contribution in [3.05, 3.63) is 58.7 Å². The van der Waals surface area contributed by atoms with Gasteiger partial charge in [0, 0.05) is 12.1 Å². The molecule has 0 unspecified atom stereocenters. The lowest BCUT2D eigenvalue weighted by molar-refractivity contribution is -0.122. The van der Waals surface area contributed by atoms with Crippen LogP contribution in [0.25, 0.3) is 0 Å². The Labute approximate surface area is 140 Å². The first-order valence-corrected chi connectivity index (χ1v) is 7.90. The second-order valence-corrected chi connectivity index (χ2v) is 6.37. The van der Waals surface area contributed by atoms with Gasteiger partial charge in [0.15, 0.2) is 0 Å². The lowest BCUT2D eigenvalue weighted by atomic mass is 9.90. The molecular weight excluding hydrogens is 312 g/mol. The predicted octanol–water partition coefficient (Wildman–Crippen LogP) is 3.41. The number of imide groups is 1. The van der Waals surface area contributed by atoms with E-state index in [0.29, 0.717) is 17.3 Å². The highest BCUT2D eigenvalue weighted by Gasteiger charge is 2.46. The molecule has 0 saturated carbocycles. The van der Waals surface area contributed by atoms with Gasteiger partial charge in [-0.2, -0.15) is 0 Å². The van der Waals surface area contributed by atoms with Crippen molar-refractivity contribution in [3.63, 3.8) is 0 Å². The number of nitrogens with zero attached hydrogens (tertiary/aromatic N) is 2. The Balaban J connectivity index is 1.85. The van der Waals surface area contributed by atoms with Crippen LogP contribution in [0.1, 0.15) is 18.1 Å². The summed E-state index contributed by atoms with van der Waals surface area (Å²) in [5.41, 5.74) is 2.22. The van der Waals surface area contributed by atoms with Crippen LogP contribution in [-0.4, -0.2) is 16.8 Å². The van der Waals surface area contributed by atoms with Crippen LogP contribution in [0.3, 0.4) is 0 Å². The lowest BCUT2D eigenvalue weighted by Gasteiger charge is -2.14. The minimum Gasteiger partial charge on any atom is -0.274 e. The SMILES string of the molecule is Cc1ccc(C[C@H]2C(=O)N(c3ccc(Cl)cn3)C(=O)[C@H]2C)cc1. The number of pyridine rings is 1. The minimum absolute atomic E-state index is 0.196. The number of carbonyl (C=O) groups is 2. The fourth-order valence-corrected chi connectivity index (χ4v) is 2.94. The smallest absolute Gasteiger partial charge is 0.239 e. The molecule has 1 aromatic heterocycles. The van der Waals surface area contributed by atoms with Crippen molar-refractivity contribution in [2.24, 2.45) is 11.8 Å². The largest absolute Gasteiger partial charge is 0.274 e. The number of halogens is 1. The molecule has 1 aliphatic rings. The number of hydrogen-bond donors (Lipinski definition) is 0. The number of aryl methyl sites for hydroxylation is 1. The average molecular weight is 329 g/mol. The minimum atomic E-state index is -0.360. The van der Waals surface area contributed by atoms with Crippen molar-refractivity contribution in [1.29, 1.82) is 0 Å². The summed E-state index contributed by atoms with van der Waals surface area (Å²) in [6, 6.07) is 11.3. The quantitative estimate of drug-likeness (QED) is 0.811. The molecule has 118 valence electrons. The fourth-order valence-electron chi connectivity index (χ4n) is 2.83. The summed E-state index contributed by atoms with van der Waals surface area (Å²) in [6.07, 6.45) is 1.99. The molecule has 4 nitrogen and oxygen atoms in total. The Morgan fingerprint density at radius 3 is 2.39 bits per heavy atom. The first kappa shape index (κ1) is 15.7. The number of benzene rings is 1.